The zero-order valence-corrected chi connectivity index (χ0v) is 25.2. The van der Waals surface area contributed by atoms with Gasteiger partial charge in [-0.25, -0.2) is 0 Å². The van der Waals surface area contributed by atoms with Crippen LogP contribution in [-0.4, -0.2) is 47.9 Å². The predicted octanol–water partition coefficient (Wildman–Crippen LogP) is 6.71. The highest BCUT2D eigenvalue weighted by atomic mass is 35.5. The van der Waals surface area contributed by atoms with E-state index in [9.17, 15) is 9.59 Å². The number of carbonyl (C=O) groups is 2. The molecule has 1 N–H and O–H groups in total. The topological polar surface area (TPSA) is 65.5 Å². The van der Waals surface area contributed by atoms with E-state index in [0.717, 1.165) is 69.4 Å². The lowest BCUT2D eigenvalue weighted by Gasteiger charge is -2.47. The molecule has 3 aliphatic rings. The molecular formula is C35H39ClN4O2. The molecule has 6 rings (SSSR count). The fourth-order valence-electron chi connectivity index (χ4n) is 7.07. The minimum absolute atomic E-state index is 0.0928. The van der Waals surface area contributed by atoms with Crippen LogP contribution in [0.3, 0.4) is 0 Å². The third-order valence-electron chi connectivity index (χ3n) is 9.70. The number of likely N-dealkylation sites (tertiary alicyclic amines) is 1. The third kappa shape index (κ3) is 5.82. The summed E-state index contributed by atoms with van der Waals surface area (Å²) < 4.78 is 0. The molecule has 42 heavy (non-hydrogen) atoms. The summed E-state index contributed by atoms with van der Waals surface area (Å²) in [6, 6.07) is 17.5. The van der Waals surface area contributed by atoms with Gasteiger partial charge in [-0.2, -0.15) is 0 Å². The van der Waals surface area contributed by atoms with Crippen LogP contribution in [-0.2, 0) is 11.2 Å². The number of hydrogen-bond donors (Lipinski definition) is 1. The summed E-state index contributed by atoms with van der Waals surface area (Å²) in [5, 5.41) is 3.82. The number of fused-ring (bicyclic) bond motifs is 1. The van der Waals surface area contributed by atoms with Crippen LogP contribution in [0.25, 0.3) is 6.08 Å². The Bertz CT molecular complexity index is 1480. The second-order valence-electron chi connectivity index (χ2n) is 12.9. The maximum atomic E-state index is 13.7. The van der Waals surface area contributed by atoms with Crippen LogP contribution in [0.15, 0.2) is 73.1 Å². The lowest BCUT2D eigenvalue weighted by Crippen LogP contribution is -2.48. The Kier molecular flexibility index (Phi) is 7.84. The number of rotatable bonds is 5. The highest BCUT2D eigenvalue weighted by molar-refractivity contribution is 6.32. The maximum Gasteiger partial charge on any atom is 0.253 e. The predicted molar refractivity (Wildman–Crippen MR) is 169 cm³/mol. The summed E-state index contributed by atoms with van der Waals surface area (Å²) >= 11 is 6.25. The number of nitrogens with one attached hydrogen (secondary N) is 1. The van der Waals surface area contributed by atoms with Crippen molar-refractivity contribution in [1.82, 2.24) is 15.2 Å². The Hall–Kier alpha value is -3.64. The molecule has 2 aliphatic heterocycles. The van der Waals surface area contributed by atoms with Crippen molar-refractivity contribution in [2.45, 2.75) is 52.0 Å². The molecule has 0 bridgehead atoms. The number of carbonyl (C=O) groups excluding carboxylic acids is 2. The number of benzene rings is 2. The van der Waals surface area contributed by atoms with Crippen LogP contribution in [0.5, 0.6) is 0 Å². The smallest absolute Gasteiger partial charge is 0.253 e. The van der Waals surface area contributed by atoms with Crippen molar-refractivity contribution in [3.8, 4) is 0 Å². The first kappa shape index (κ1) is 28.5. The Balaban J connectivity index is 1.10. The molecule has 2 aromatic carbocycles. The summed E-state index contributed by atoms with van der Waals surface area (Å²) in [6.45, 7) is 8.04. The van der Waals surface area contributed by atoms with Crippen LogP contribution in [0, 0.1) is 10.8 Å². The van der Waals surface area contributed by atoms with Gasteiger partial charge < -0.3 is 15.1 Å². The quantitative estimate of drug-likeness (QED) is 0.340. The van der Waals surface area contributed by atoms with Crippen molar-refractivity contribution in [3.05, 3.63) is 100 Å². The van der Waals surface area contributed by atoms with Gasteiger partial charge in [0.15, 0.2) is 0 Å². The van der Waals surface area contributed by atoms with E-state index in [1.165, 1.54) is 17.3 Å². The zero-order chi connectivity index (χ0) is 29.3. The number of pyridine rings is 1. The van der Waals surface area contributed by atoms with Crippen LogP contribution in [0.1, 0.15) is 72.6 Å². The summed E-state index contributed by atoms with van der Waals surface area (Å²) in [4.78, 5) is 35.3. The Morgan fingerprint density at radius 1 is 0.952 bits per heavy atom. The molecule has 6 nitrogen and oxygen atoms in total. The molecule has 7 heteroatoms. The van der Waals surface area contributed by atoms with Crippen molar-refractivity contribution >= 4 is 35.2 Å². The molecule has 0 saturated carbocycles. The highest BCUT2D eigenvalue weighted by Gasteiger charge is 2.41. The fraction of sp³-hybridized carbons (Fsp3) is 0.400. The summed E-state index contributed by atoms with van der Waals surface area (Å²) in [6.07, 6.45) is 12.3. The molecule has 0 radical (unpaired) electrons. The third-order valence-corrected chi connectivity index (χ3v) is 10.0. The molecule has 218 valence electrons. The monoisotopic (exact) mass is 582 g/mol. The van der Waals surface area contributed by atoms with Gasteiger partial charge in [0.2, 0.25) is 5.91 Å². The molecular weight excluding hydrogens is 544 g/mol. The molecule has 2 amide bonds. The van der Waals surface area contributed by atoms with Crippen molar-refractivity contribution in [2.24, 2.45) is 10.8 Å². The van der Waals surface area contributed by atoms with E-state index in [1.807, 2.05) is 53.7 Å². The van der Waals surface area contributed by atoms with Crippen LogP contribution >= 0.6 is 11.6 Å². The van der Waals surface area contributed by atoms with Gasteiger partial charge in [-0.3, -0.25) is 14.6 Å². The molecule has 2 saturated heterocycles. The van der Waals surface area contributed by atoms with Crippen molar-refractivity contribution < 1.29 is 9.59 Å². The summed E-state index contributed by atoms with van der Waals surface area (Å²) in [5.41, 5.74) is 5.16. The lowest BCUT2D eigenvalue weighted by molar-refractivity contribution is -0.117. The lowest BCUT2D eigenvalue weighted by atomic mass is 9.71. The molecule has 1 atom stereocenters. The van der Waals surface area contributed by atoms with Crippen LogP contribution in [0.2, 0.25) is 5.02 Å². The fourth-order valence-corrected chi connectivity index (χ4v) is 7.27. The Morgan fingerprint density at radius 2 is 1.64 bits per heavy atom. The van der Waals surface area contributed by atoms with Crippen LogP contribution < -0.4 is 10.2 Å². The number of hydrogen-bond acceptors (Lipinski definition) is 4. The van der Waals surface area contributed by atoms with Crippen molar-refractivity contribution in [3.63, 3.8) is 0 Å². The van der Waals surface area contributed by atoms with E-state index in [4.69, 9.17) is 11.6 Å². The van der Waals surface area contributed by atoms with E-state index in [1.54, 1.807) is 6.08 Å². The standard InChI is InChI=1S/C35H39ClN4O2/c1-34(2)24-27-8-7-26(23-29(27)32(34)38-31(41)10-9-25-5-3-4-6-30(25)36)33(42)40-21-15-35(16-22-40)13-19-39(20-14-35)28-11-17-37-18-12-28/h3-12,17-18,23,32H,13-16,19-22,24H2,1-2H3,(H,38,41). The van der Waals surface area contributed by atoms with E-state index in [-0.39, 0.29) is 23.3 Å². The summed E-state index contributed by atoms with van der Waals surface area (Å²) in [7, 11) is 0. The number of aromatic nitrogens is 1. The minimum Gasteiger partial charge on any atom is -0.371 e. The Labute approximate surface area is 253 Å². The van der Waals surface area contributed by atoms with E-state index in [0.29, 0.717) is 16.0 Å². The first-order valence-corrected chi connectivity index (χ1v) is 15.4. The molecule has 1 unspecified atom stereocenters. The molecule has 2 fully saturated rings. The molecule has 3 aromatic rings. The van der Waals surface area contributed by atoms with Gasteiger partial charge in [-0.15, -0.1) is 0 Å². The van der Waals surface area contributed by atoms with Crippen molar-refractivity contribution in [1.29, 1.82) is 0 Å². The van der Waals surface area contributed by atoms with Gasteiger partial charge in [-0.05, 0) is 96.0 Å². The second kappa shape index (κ2) is 11.6. The summed E-state index contributed by atoms with van der Waals surface area (Å²) in [5.74, 6) is -0.0795. The molecule has 1 aromatic heterocycles. The molecule has 3 heterocycles. The normalized spacial score (nSPS) is 21.0. The molecule has 1 aliphatic carbocycles. The SMILES string of the molecule is CC1(C)Cc2ccc(C(=O)N3CCC4(CC3)CCN(c3ccncc3)CC4)cc2C1NC(=O)C=Cc1ccccc1Cl. The highest BCUT2D eigenvalue weighted by Crippen LogP contribution is 2.46. The average molecular weight is 583 g/mol. The maximum absolute atomic E-state index is 13.7. The van der Waals surface area contributed by atoms with Gasteiger partial charge in [-0.1, -0.05) is 49.7 Å². The van der Waals surface area contributed by atoms with Gasteiger partial charge in [0.25, 0.3) is 5.91 Å². The van der Waals surface area contributed by atoms with E-state index >= 15 is 0 Å². The van der Waals surface area contributed by atoms with E-state index in [2.05, 4.69) is 47.2 Å². The number of nitrogens with zero attached hydrogens (tertiary/aromatic N) is 3. The second-order valence-corrected chi connectivity index (χ2v) is 13.3. The number of piperidine rings is 2. The number of halogens is 1. The average Bonchev–Trinajstić information content (AvgIpc) is 3.26. The first-order chi connectivity index (χ1) is 20.2. The van der Waals surface area contributed by atoms with Gasteiger partial charge in [0, 0.05) is 60.9 Å². The first-order valence-electron chi connectivity index (χ1n) is 15.0. The van der Waals surface area contributed by atoms with Crippen LogP contribution in [0.4, 0.5) is 5.69 Å². The number of anilines is 1. The van der Waals surface area contributed by atoms with Gasteiger partial charge >= 0.3 is 0 Å². The minimum atomic E-state index is -0.182. The zero-order valence-electron chi connectivity index (χ0n) is 24.5. The Morgan fingerprint density at radius 3 is 2.36 bits per heavy atom. The largest absolute Gasteiger partial charge is 0.371 e. The van der Waals surface area contributed by atoms with Gasteiger partial charge in [0.1, 0.15) is 0 Å². The van der Waals surface area contributed by atoms with Crippen molar-refractivity contribution in [2.75, 3.05) is 31.1 Å². The molecule has 1 spiro atoms. The number of amides is 2. The van der Waals surface area contributed by atoms with E-state index < -0.39 is 0 Å². The van der Waals surface area contributed by atoms with Gasteiger partial charge in [0.05, 0.1) is 6.04 Å².